The van der Waals surface area contributed by atoms with Crippen LogP contribution in [0.3, 0.4) is 0 Å². The van der Waals surface area contributed by atoms with E-state index in [1.165, 1.54) is 13.4 Å². The Morgan fingerprint density at radius 1 is 1.42 bits per heavy atom. The molecule has 0 aliphatic carbocycles. The minimum Gasteiger partial charge on any atom is -0.465 e. The number of hydrogen-bond acceptors (Lipinski definition) is 5. The average molecular weight is 278 g/mol. The summed E-state index contributed by atoms with van der Waals surface area (Å²) < 4.78 is 4.66. The molecule has 1 aromatic heterocycles. The molecule has 0 saturated carbocycles. The highest BCUT2D eigenvalue weighted by molar-refractivity contribution is 6.33. The van der Waals surface area contributed by atoms with Crippen molar-refractivity contribution in [1.82, 2.24) is 9.97 Å². The van der Waals surface area contributed by atoms with Crippen LogP contribution in [0.5, 0.6) is 0 Å². The average Bonchev–Trinajstić information content (AvgIpc) is 2.46. The fourth-order valence-electron chi connectivity index (χ4n) is 1.51. The number of anilines is 1. The van der Waals surface area contributed by atoms with Crippen molar-refractivity contribution in [2.45, 2.75) is 6.54 Å². The van der Waals surface area contributed by atoms with Crippen LogP contribution in [0.15, 0.2) is 36.8 Å². The van der Waals surface area contributed by atoms with Crippen LogP contribution in [0.2, 0.25) is 5.02 Å². The molecule has 0 spiro atoms. The maximum absolute atomic E-state index is 11.4. The van der Waals surface area contributed by atoms with Crippen LogP contribution in [0.1, 0.15) is 16.1 Å². The number of hydrogen-bond donors (Lipinski definition) is 1. The van der Waals surface area contributed by atoms with Gasteiger partial charge in [0.05, 0.1) is 35.6 Å². The number of benzene rings is 1. The number of carbonyl (C=O) groups is 1. The van der Waals surface area contributed by atoms with Crippen molar-refractivity contribution in [3.05, 3.63) is 53.1 Å². The van der Waals surface area contributed by atoms with Gasteiger partial charge in [0.15, 0.2) is 0 Å². The van der Waals surface area contributed by atoms with Crippen LogP contribution in [-0.4, -0.2) is 23.0 Å². The van der Waals surface area contributed by atoms with E-state index >= 15 is 0 Å². The van der Waals surface area contributed by atoms with E-state index in [-0.39, 0.29) is 0 Å². The number of esters is 1. The van der Waals surface area contributed by atoms with Crippen molar-refractivity contribution < 1.29 is 9.53 Å². The lowest BCUT2D eigenvalue weighted by molar-refractivity contribution is 0.0601. The Kier molecular flexibility index (Phi) is 4.30. The van der Waals surface area contributed by atoms with Crippen LogP contribution in [-0.2, 0) is 11.3 Å². The molecule has 0 fully saturated rings. The summed E-state index contributed by atoms with van der Waals surface area (Å²) in [6.45, 7) is 0.493. The SMILES string of the molecule is COC(=O)c1ccc(Cl)c(NCc2ccncn2)c1. The van der Waals surface area contributed by atoms with Gasteiger partial charge in [0.2, 0.25) is 0 Å². The number of ether oxygens (including phenoxy) is 1. The summed E-state index contributed by atoms with van der Waals surface area (Å²) in [5, 5.41) is 3.65. The molecule has 0 amide bonds. The lowest BCUT2D eigenvalue weighted by atomic mass is 10.2. The van der Waals surface area contributed by atoms with Crippen LogP contribution in [0.25, 0.3) is 0 Å². The number of methoxy groups -OCH3 is 1. The Hall–Kier alpha value is -2.14. The molecule has 0 aliphatic heterocycles. The lowest BCUT2D eigenvalue weighted by Crippen LogP contribution is -2.05. The van der Waals surface area contributed by atoms with Gasteiger partial charge in [-0.3, -0.25) is 0 Å². The number of nitrogens with zero attached hydrogens (tertiary/aromatic N) is 2. The lowest BCUT2D eigenvalue weighted by Gasteiger charge is -2.09. The second-order valence-electron chi connectivity index (χ2n) is 3.74. The van der Waals surface area contributed by atoms with Gasteiger partial charge >= 0.3 is 5.97 Å². The summed E-state index contributed by atoms with van der Waals surface area (Å²) in [5.74, 6) is -0.401. The Morgan fingerprint density at radius 2 is 2.26 bits per heavy atom. The molecule has 98 valence electrons. The first-order chi connectivity index (χ1) is 9.20. The summed E-state index contributed by atoms with van der Waals surface area (Å²) in [6, 6.07) is 6.71. The van der Waals surface area contributed by atoms with Crippen molar-refractivity contribution in [1.29, 1.82) is 0 Å². The standard InChI is InChI=1S/C13H12ClN3O2/c1-19-13(18)9-2-3-11(14)12(6-9)16-7-10-4-5-15-8-17-10/h2-6,8,16H,7H2,1H3. The summed E-state index contributed by atoms with van der Waals surface area (Å²) in [7, 11) is 1.34. The van der Waals surface area contributed by atoms with Gasteiger partial charge in [-0.25, -0.2) is 14.8 Å². The van der Waals surface area contributed by atoms with E-state index in [9.17, 15) is 4.79 Å². The normalized spacial score (nSPS) is 10.0. The minimum atomic E-state index is -0.401. The fraction of sp³-hybridized carbons (Fsp3) is 0.154. The largest absolute Gasteiger partial charge is 0.465 e. The zero-order chi connectivity index (χ0) is 13.7. The van der Waals surface area contributed by atoms with Crippen LogP contribution in [0.4, 0.5) is 5.69 Å². The molecular weight excluding hydrogens is 266 g/mol. The Balaban J connectivity index is 2.13. The summed E-state index contributed by atoms with van der Waals surface area (Å²) in [5.41, 5.74) is 1.93. The van der Waals surface area contributed by atoms with E-state index in [2.05, 4.69) is 20.0 Å². The van der Waals surface area contributed by atoms with E-state index in [0.29, 0.717) is 22.8 Å². The fourth-order valence-corrected chi connectivity index (χ4v) is 1.70. The van der Waals surface area contributed by atoms with Gasteiger partial charge in [-0.05, 0) is 24.3 Å². The quantitative estimate of drug-likeness (QED) is 0.870. The van der Waals surface area contributed by atoms with E-state index in [4.69, 9.17) is 11.6 Å². The molecular formula is C13H12ClN3O2. The zero-order valence-electron chi connectivity index (χ0n) is 10.3. The summed E-state index contributed by atoms with van der Waals surface area (Å²) in [6.07, 6.45) is 3.14. The number of halogens is 1. The smallest absolute Gasteiger partial charge is 0.337 e. The number of aromatic nitrogens is 2. The van der Waals surface area contributed by atoms with Gasteiger partial charge in [-0.1, -0.05) is 11.6 Å². The number of rotatable bonds is 4. The first-order valence-corrected chi connectivity index (χ1v) is 5.95. The highest BCUT2D eigenvalue weighted by Gasteiger charge is 2.08. The first-order valence-electron chi connectivity index (χ1n) is 5.57. The van der Waals surface area contributed by atoms with Crippen molar-refractivity contribution in [2.24, 2.45) is 0 Å². The minimum absolute atomic E-state index is 0.401. The predicted molar refractivity (Wildman–Crippen MR) is 72.2 cm³/mol. The summed E-state index contributed by atoms with van der Waals surface area (Å²) >= 11 is 6.06. The van der Waals surface area contributed by atoms with Crippen molar-refractivity contribution in [3.63, 3.8) is 0 Å². The molecule has 0 saturated heterocycles. The second-order valence-corrected chi connectivity index (χ2v) is 4.15. The number of nitrogens with one attached hydrogen (secondary N) is 1. The Morgan fingerprint density at radius 3 is 2.95 bits per heavy atom. The van der Waals surface area contributed by atoms with Gasteiger partial charge in [0.1, 0.15) is 6.33 Å². The second kappa shape index (κ2) is 6.15. The van der Waals surface area contributed by atoms with Crippen molar-refractivity contribution in [3.8, 4) is 0 Å². The predicted octanol–water partition coefficient (Wildman–Crippen LogP) is 2.53. The van der Waals surface area contributed by atoms with Gasteiger partial charge in [0, 0.05) is 6.20 Å². The maximum Gasteiger partial charge on any atom is 0.337 e. The van der Waals surface area contributed by atoms with Gasteiger partial charge in [-0.15, -0.1) is 0 Å². The van der Waals surface area contributed by atoms with Gasteiger partial charge in [-0.2, -0.15) is 0 Å². The van der Waals surface area contributed by atoms with Crippen LogP contribution < -0.4 is 5.32 Å². The van der Waals surface area contributed by atoms with Gasteiger partial charge in [0.25, 0.3) is 0 Å². The third-order valence-corrected chi connectivity index (χ3v) is 2.82. The molecule has 6 heteroatoms. The Labute approximate surface area is 115 Å². The van der Waals surface area contributed by atoms with Crippen LogP contribution >= 0.6 is 11.6 Å². The zero-order valence-corrected chi connectivity index (χ0v) is 11.0. The van der Waals surface area contributed by atoms with Crippen molar-refractivity contribution >= 4 is 23.3 Å². The molecule has 0 aliphatic rings. The van der Waals surface area contributed by atoms with E-state index in [1.807, 2.05) is 0 Å². The highest BCUT2D eigenvalue weighted by Crippen LogP contribution is 2.23. The molecule has 1 heterocycles. The number of carbonyl (C=O) groups excluding carboxylic acids is 1. The molecule has 0 radical (unpaired) electrons. The van der Waals surface area contributed by atoms with Crippen molar-refractivity contribution in [2.75, 3.05) is 12.4 Å². The molecule has 1 N–H and O–H groups in total. The van der Waals surface area contributed by atoms with E-state index in [0.717, 1.165) is 5.69 Å². The molecule has 2 aromatic rings. The Bertz CT molecular complexity index is 575. The maximum atomic E-state index is 11.4. The van der Waals surface area contributed by atoms with E-state index in [1.54, 1.807) is 30.5 Å². The molecule has 0 unspecified atom stereocenters. The summed E-state index contributed by atoms with van der Waals surface area (Å²) in [4.78, 5) is 19.4. The van der Waals surface area contributed by atoms with Crippen LogP contribution in [0, 0.1) is 0 Å². The molecule has 5 nitrogen and oxygen atoms in total. The molecule has 0 bridgehead atoms. The third kappa shape index (κ3) is 3.42. The molecule has 0 atom stereocenters. The molecule has 19 heavy (non-hydrogen) atoms. The van der Waals surface area contributed by atoms with Gasteiger partial charge < -0.3 is 10.1 Å². The third-order valence-electron chi connectivity index (χ3n) is 2.49. The monoisotopic (exact) mass is 277 g/mol. The highest BCUT2D eigenvalue weighted by atomic mass is 35.5. The molecule has 1 aromatic carbocycles. The van der Waals surface area contributed by atoms with E-state index < -0.39 is 5.97 Å². The topological polar surface area (TPSA) is 64.1 Å². The first kappa shape index (κ1) is 13.3. The molecule has 2 rings (SSSR count).